The molecule has 0 unspecified atom stereocenters. The lowest BCUT2D eigenvalue weighted by molar-refractivity contribution is 0.590. The van der Waals surface area contributed by atoms with Gasteiger partial charge in [0.15, 0.2) is 0 Å². The predicted molar refractivity (Wildman–Crippen MR) is 177 cm³/mol. The van der Waals surface area contributed by atoms with Crippen LogP contribution in [0.15, 0.2) is 91.0 Å². The molecule has 40 heavy (non-hydrogen) atoms. The second-order valence-corrected chi connectivity index (χ2v) is 14.8. The van der Waals surface area contributed by atoms with Crippen LogP contribution in [0.2, 0.25) is 0 Å². The summed E-state index contributed by atoms with van der Waals surface area (Å²) in [5.74, 6) is 0. The van der Waals surface area contributed by atoms with Crippen molar-refractivity contribution >= 4 is 32.3 Å². The first-order valence-electron chi connectivity index (χ1n) is 14.7. The van der Waals surface area contributed by atoms with Crippen LogP contribution in [0, 0.1) is 0 Å². The quantitative estimate of drug-likeness (QED) is 0.198. The molecule has 6 rings (SSSR count). The van der Waals surface area contributed by atoms with Crippen molar-refractivity contribution in [3.05, 3.63) is 108 Å². The van der Waals surface area contributed by atoms with Gasteiger partial charge in [0.2, 0.25) is 0 Å². The summed E-state index contributed by atoms with van der Waals surface area (Å²) in [4.78, 5) is 0. The molecule has 0 N–H and O–H groups in total. The first-order chi connectivity index (χ1) is 18.7. The summed E-state index contributed by atoms with van der Waals surface area (Å²) in [5, 5.41) is 8.07. The topological polar surface area (TPSA) is 0 Å². The van der Waals surface area contributed by atoms with Gasteiger partial charge >= 0.3 is 0 Å². The third-order valence-corrected chi connectivity index (χ3v) is 8.71. The summed E-state index contributed by atoms with van der Waals surface area (Å²) in [5.41, 5.74) is 9.62. The van der Waals surface area contributed by atoms with Crippen molar-refractivity contribution in [2.75, 3.05) is 0 Å². The fourth-order valence-electron chi connectivity index (χ4n) is 6.13. The maximum atomic E-state index is 2.43. The van der Waals surface area contributed by atoms with Crippen LogP contribution in [0.4, 0.5) is 0 Å². The molecule has 0 nitrogen and oxygen atoms in total. The molecule has 0 aliphatic rings. The first-order valence-corrected chi connectivity index (χ1v) is 14.7. The van der Waals surface area contributed by atoms with Crippen LogP contribution in [0.3, 0.4) is 0 Å². The van der Waals surface area contributed by atoms with Gasteiger partial charge in [0.1, 0.15) is 0 Å². The maximum absolute atomic E-state index is 2.43. The minimum Gasteiger partial charge on any atom is -0.0579 e. The molecule has 0 saturated heterocycles. The molecule has 6 aromatic rings. The molecule has 0 amide bonds. The molecule has 0 aliphatic carbocycles. The zero-order valence-electron chi connectivity index (χ0n) is 25.7. The second-order valence-electron chi connectivity index (χ2n) is 14.8. The fraction of sp³-hybridized carbons (Fsp3) is 0.300. The third kappa shape index (κ3) is 4.48. The largest absolute Gasteiger partial charge is 0.0579 e. The Labute approximate surface area is 240 Å². The van der Waals surface area contributed by atoms with E-state index in [0.717, 1.165) is 0 Å². The van der Waals surface area contributed by atoms with Crippen LogP contribution in [-0.2, 0) is 16.2 Å². The molecule has 0 saturated carbocycles. The van der Waals surface area contributed by atoms with Crippen molar-refractivity contribution in [1.29, 1.82) is 0 Å². The zero-order chi connectivity index (χ0) is 28.6. The molecule has 0 spiro atoms. The highest BCUT2D eigenvalue weighted by Crippen LogP contribution is 2.45. The van der Waals surface area contributed by atoms with E-state index in [9.17, 15) is 0 Å². The summed E-state index contributed by atoms with van der Waals surface area (Å²) in [6, 6.07) is 35.1. The Morgan fingerprint density at radius 3 is 1.07 bits per heavy atom. The number of hydrogen-bond acceptors (Lipinski definition) is 0. The molecule has 0 heterocycles. The van der Waals surface area contributed by atoms with Gasteiger partial charge in [-0.2, -0.15) is 0 Å². The smallest absolute Gasteiger partial charge is 0.00143 e. The summed E-state index contributed by atoms with van der Waals surface area (Å²) < 4.78 is 0. The Hall–Kier alpha value is -3.64. The molecule has 202 valence electrons. The van der Waals surface area contributed by atoms with Gasteiger partial charge in [0.05, 0.1) is 0 Å². The van der Waals surface area contributed by atoms with E-state index in [4.69, 9.17) is 0 Å². The first kappa shape index (κ1) is 26.6. The highest BCUT2D eigenvalue weighted by Gasteiger charge is 2.21. The van der Waals surface area contributed by atoms with E-state index in [0.29, 0.717) is 0 Å². The molecule has 0 radical (unpaired) electrons. The van der Waals surface area contributed by atoms with Crippen LogP contribution in [0.5, 0.6) is 0 Å². The van der Waals surface area contributed by atoms with Crippen LogP contribution in [0.1, 0.15) is 79.0 Å². The van der Waals surface area contributed by atoms with Crippen molar-refractivity contribution in [1.82, 2.24) is 0 Å². The monoisotopic (exact) mass is 522 g/mol. The van der Waals surface area contributed by atoms with Crippen LogP contribution < -0.4 is 0 Å². The van der Waals surface area contributed by atoms with E-state index in [-0.39, 0.29) is 16.2 Å². The van der Waals surface area contributed by atoms with Crippen LogP contribution in [-0.4, -0.2) is 0 Å². The number of rotatable bonds is 2. The lowest BCUT2D eigenvalue weighted by atomic mass is 9.81. The van der Waals surface area contributed by atoms with Crippen molar-refractivity contribution in [3.8, 4) is 22.3 Å². The lowest BCUT2D eigenvalue weighted by Crippen LogP contribution is -2.11. The van der Waals surface area contributed by atoms with Gasteiger partial charge in [-0.1, -0.05) is 147 Å². The van der Waals surface area contributed by atoms with E-state index < -0.39 is 0 Å². The van der Waals surface area contributed by atoms with Crippen molar-refractivity contribution in [3.63, 3.8) is 0 Å². The summed E-state index contributed by atoms with van der Waals surface area (Å²) in [6.07, 6.45) is 0. The predicted octanol–water partition coefficient (Wildman–Crippen LogP) is 11.8. The molecule has 0 atom stereocenters. The van der Waals surface area contributed by atoms with Crippen LogP contribution >= 0.6 is 0 Å². The highest BCUT2D eigenvalue weighted by molar-refractivity contribution is 6.28. The molecule has 0 heteroatoms. The highest BCUT2D eigenvalue weighted by atomic mass is 14.2. The Morgan fingerprint density at radius 1 is 0.350 bits per heavy atom. The van der Waals surface area contributed by atoms with Crippen molar-refractivity contribution in [2.24, 2.45) is 0 Å². The SMILES string of the molecule is CC(C)(C)c1ccc(-c2cc(-c3ccc(C(C)(C)C)cc3)c3ccc4cc(C(C)(C)C)cc5ccc2c3c54)cc1. The van der Waals surface area contributed by atoms with Crippen molar-refractivity contribution < 1.29 is 0 Å². The Bertz CT molecular complexity index is 1720. The average molecular weight is 523 g/mol. The fourth-order valence-corrected chi connectivity index (χ4v) is 6.13. The standard InChI is InChI=1S/C40H42/c1-38(2,3)29-16-10-25(11-17-29)34-24-35(26-12-18-30(19-13-26)39(4,5)6)33-21-15-28-23-31(40(7,8)9)22-27-14-20-32(34)37(33)36(27)28/h10-24H,1-9H3. The number of hydrogen-bond donors (Lipinski definition) is 0. The van der Waals surface area contributed by atoms with E-state index in [1.54, 1.807) is 0 Å². The van der Waals surface area contributed by atoms with Gasteiger partial charge in [-0.3, -0.25) is 0 Å². The van der Waals surface area contributed by atoms with Gasteiger partial charge in [-0.05, 0) is 93.6 Å². The van der Waals surface area contributed by atoms with E-state index in [1.165, 1.54) is 71.3 Å². The molecular weight excluding hydrogens is 480 g/mol. The Kier molecular flexibility index (Phi) is 5.94. The van der Waals surface area contributed by atoms with Gasteiger partial charge < -0.3 is 0 Å². The second kappa shape index (κ2) is 8.93. The maximum Gasteiger partial charge on any atom is -0.00143 e. The molecule has 0 bridgehead atoms. The van der Waals surface area contributed by atoms with E-state index >= 15 is 0 Å². The molecule has 0 aromatic heterocycles. The minimum absolute atomic E-state index is 0.102. The molecule has 6 aromatic carbocycles. The van der Waals surface area contributed by atoms with Gasteiger partial charge in [0.25, 0.3) is 0 Å². The zero-order valence-corrected chi connectivity index (χ0v) is 25.7. The molecule has 0 fully saturated rings. The van der Waals surface area contributed by atoms with Gasteiger partial charge in [-0.15, -0.1) is 0 Å². The minimum atomic E-state index is 0.102. The third-order valence-electron chi connectivity index (χ3n) is 8.71. The van der Waals surface area contributed by atoms with Crippen LogP contribution in [0.25, 0.3) is 54.6 Å². The summed E-state index contributed by atoms with van der Waals surface area (Å²) >= 11 is 0. The Balaban J connectivity index is 1.68. The molecular formula is C40H42. The van der Waals surface area contributed by atoms with E-state index in [2.05, 4.69) is 153 Å². The van der Waals surface area contributed by atoms with Gasteiger partial charge in [0, 0.05) is 0 Å². The average Bonchev–Trinajstić information content (AvgIpc) is 2.90. The molecule has 0 aliphatic heterocycles. The Morgan fingerprint density at radius 2 is 0.725 bits per heavy atom. The van der Waals surface area contributed by atoms with Gasteiger partial charge in [-0.25, -0.2) is 0 Å². The summed E-state index contributed by atoms with van der Waals surface area (Å²) in [7, 11) is 0. The lowest BCUT2D eigenvalue weighted by Gasteiger charge is -2.23. The van der Waals surface area contributed by atoms with Crippen molar-refractivity contribution in [2.45, 2.75) is 78.6 Å². The normalized spacial score (nSPS) is 13.1. The number of benzene rings is 6. The summed E-state index contributed by atoms with van der Waals surface area (Å²) in [6.45, 7) is 20.6. The van der Waals surface area contributed by atoms with E-state index in [1.807, 2.05) is 0 Å².